The van der Waals surface area contributed by atoms with Gasteiger partial charge in [-0.05, 0) is 44.0 Å². The van der Waals surface area contributed by atoms with Crippen LogP contribution in [0.2, 0.25) is 0 Å². The van der Waals surface area contributed by atoms with Crippen LogP contribution in [-0.2, 0) is 9.84 Å². The van der Waals surface area contributed by atoms with Crippen molar-refractivity contribution in [3.8, 4) is 5.75 Å². The van der Waals surface area contributed by atoms with Gasteiger partial charge in [-0.1, -0.05) is 6.07 Å². The molecule has 5 heterocycles. The largest absolute Gasteiger partial charge is 0.483 e. The van der Waals surface area contributed by atoms with Crippen LogP contribution in [0.3, 0.4) is 0 Å². The molecule has 1 aromatic carbocycles. The zero-order chi connectivity index (χ0) is 23.4. The molecule has 10 heteroatoms. The summed E-state index contributed by atoms with van der Waals surface area (Å²) < 4.78 is 30.3. The topological polar surface area (TPSA) is 99.7 Å². The van der Waals surface area contributed by atoms with Gasteiger partial charge in [-0.15, -0.1) is 0 Å². The monoisotopic (exact) mass is 484 g/mol. The van der Waals surface area contributed by atoms with Crippen molar-refractivity contribution in [3.63, 3.8) is 0 Å². The van der Waals surface area contributed by atoms with E-state index in [0.717, 1.165) is 60.4 Å². The van der Waals surface area contributed by atoms with Gasteiger partial charge in [-0.25, -0.2) is 18.4 Å². The molecule has 3 fully saturated rings. The minimum absolute atomic E-state index is 0.145. The molecule has 34 heavy (non-hydrogen) atoms. The van der Waals surface area contributed by atoms with Crippen LogP contribution in [0.5, 0.6) is 5.75 Å². The molecule has 1 aromatic heterocycles. The highest BCUT2D eigenvalue weighted by atomic mass is 32.2. The predicted molar refractivity (Wildman–Crippen MR) is 132 cm³/mol. The summed E-state index contributed by atoms with van der Waals surface area (Å²) in [7, 11) is -2.97. The van der Waals surface area contributed by atoms with Crippen LogP contribution < -0.4 is 20.3 Å². The number of nitrogens with one attached hydrogen (secondary N) is 2. The summed E-state index contributed by atoms with van der Waals surface area (Å²) in [5.41, 5.74) is 4.26. The van der Waals surface area contributed by atoms with E-state index in [-0.39, 0.29) is 17.6 Å². The van der Waals surface area contributed by atoms with Crippen LogP contribution in [0.25, 0.3) is 0 Å². The van der Waals surface area contributed by atoms with Crippen molar-refractivity contribution < 1.29 is 13.2 Å². The molecule has 182 valence electrons. The fraction of sp³-hybridized carbons (Fsp3) is 0.583. The number of hydrogen-bond donors (Lipinski definition) is 2. The summed E-state index contributed by atoms with van der Waals surface area (Å²) in [6.07, 6.45) is 2.53. The number of hydrogen-bond acceptors (Lipinski definition) is 9. The van der Waals surface area contributed by atoms with Crippen molar-refractivity contribution in [1.29, 1.82) is 0 Å². The van der Waals surface area contributed by atoms with Gasteiger partial charge in [0.1, 0.15) is 29.8 Å². The van der Waals surface area contributed by atoms with Gasteiger partial charge in [0.15, 0.2) is 9.84 Å². The Labute approximate surface area is 200 Å². The minimum Gasteiger partial charge on any atom is -0.483 e. The van der Waals surface area contributed by atoms with Crippen LogP contribution >= 0.6 is 0 Å². The maximum absolute atomic E-state index is 11.9. The van der Waals surface area contributed by atoms with Crippen molar-refractivity contribution in [1.82, 2.24) is 20.2 Å². The first-order valence-corrected chi connectivity index (χ1v) is 14.0. The number of anilines is 3. The third kappa shape index (κ3) is 3.91. The molecule has 0 saturated carbocycles. The Bertz CT molecular complexity index is 1190. The van der Waals surface area contributed by atoms with Crippen LogP contribution in [-0.4, -0.2) is 80.1 Å². The minimum atomic E-state index is -2.97. The van der Waals surface area contributed by atoms with Crippen molar-refractivity contribution >= 4 is 27.2 Å². The summed E-state index contributed by atoms with van der Waals surface area (Å²) in [6.45, 7) is 9.41. The van der Waals surface area contributed by atoms with Gasteiger partial charge in [0, 0.05) is 44.7 Å². The summed E-state index contributed by atoms with van der Waals surface area (Å²) >= 11 is 0. The van der Waals surface area contributed by atoms with E-state index in [1.54, 1.807) is 6.33 Å². The third-order valence-corrected chi connectivity index (χ3v) is 9.30. The fourth-order valence-corrected chi connectivity index (χ4v) is 6.86. The maximum atomic E-state index is 11.9. The number of likely N-dealkylation sites (tertiary alicyclic amines) is 1. The number of sulfone groups is 1. The van der Waals surface area contributed by atoms with Crippen molar-refractivity contribution in [3.05, 3.63) is 35.2 Å². The molecule has 0 spiro atoms. The summed E-state index contributed by atoms with van der Waals surface area (Å²) in [4.78, 5) is 13.7. The first kappa shape index (κ1) is 22.1. The second kappa shape index (κ2) is 8.35. The Morgan fingerprint density at radius 2 is 1.94 bits per heavy atom. The van der Waals surface area contributed by atoms with Crippen molar-refractivity contribution in [2.24, 2.45) is 0 Å². The molecule has 9 nitrogen and oxygen atoms in total. The lowest BCUT2D eigenvalue weighted by atomic mass is 9.88. The molecule has 4 aliphatic heterocycles. The second-order valence-electron chi connectivity index (χ2n) is 10.00. The van der Waals surface area contributed by atoms with Gasteiger partial charge < -0.3 is 20.3 Å². The van der Waals surface area contributed by atoms with Gasteiger partial charge in [0.05, 0.1) is 22.8 Å². The highest BCUT2D eigenvalue weighted by molar-refractivity contribution is 7.91. The van der Waals surface area contributed by atoms with E-state index in [1.807, 2.05) is 11.8 Å². The van der Waals surface area contributed by atoms with Gasteiger partial charge in [-0.3, -0.25) is 4.90 Å². The third-order valence-electron chi connectivity index (χ3n) is 7.69. The SMILES string of the molecule is Cc1cc(C2CN([C@@H]3CCNC3)C2)cc2c1O[C@@H](C)c1c(ncnc1N1CCS(=O)(=O)CC1)N2. The van der Waals surface area contributed by atoms with Crippen LogP contribution in [0, 0.1) is 6.92 Å². The molecule has 2 aromatic rings. The summed E-state index contributed by atoms with van der Waals surface area (Å²) in [5.74, 6) is 3.15. The number of nitrogens with zero attached hydrogens (tertiary/aromatic N) is 4. The van der Waals surface area contributed by atoms with Crippen molar-refractivity contribution in [2.75, 3.05) is 61.0 Å². The second-order valence-corrected chi connectivity index (χ2v) is 12.3. The molecular weight excluding hydrogens is 452 g/mol. The number of rotatable bonds is 3. The average molecular weight is 485 g/mol. The van der Waals surface area contributed by atoms with Crippen LogP contribution in [0.1, 0.15) is 42.1 Å². The first-order valence-electron chi connectivity index (χ1n) is 12.2. The van der Waals surface area contributed by atoms with E-state index in [2.05, 4.69) is 44.6 Å². The normalized spacial score (nSPS) is 26.6. The van der Waals surface area contributed by atoms with Gasteiger partial charge >= 0.3 is 0 Å². The molecule has 0 aliphatic carbocycles. The predicted octanol–water partition coefficient (Wildman–Crippen LogP) is 1.98. The summed E-state index contributed by atoms with van der Waals surface area (Å²) in [6, 6.07) is 5.15. The van der Waals surface area contributed by atoms with E-state index in [4.69, 9.17) is 4.74 Å². The van der Waals surface area contributed by atoms with Crippen LogP contribution in [0.15, 0.2) is 18.5 Å². The number of aryl methyl sites for hydroxylation is 1. The quantitative estimate of drug-likeness (QED) is 0.677. The lowest BCUT2D eigenvalue weighted by Gasteiger charge is -2.43. The molecule has 3 saturated heterocycles. The van der Waals surface area contributed by atoms with E-state index in [0.29, 0.717) is 25.0 Å². The molecule has 4 aliphatic rings. The zero-order valence-corrected chi connectivity index (χ0v) is 20.6. The molecule has 0 unspecified atom stereocenters. The smallest absolute Gasteiger partial charge is 0.153 e. The fourth-order valence-electron chi connectivity index (χ4n) is 5.66. The Hall–Kier alpha value is -2.43. The molecular formula is C24H32N6O3S. The molecule has 0 radical (unpaired) electrons. The van der Waals surface area contributed by atoms with Crippen LogP contribution in [0.4, 0.5) is 17.3 Å². The van der Waals surface area contributed by atoms with Gasteiger partial charge in [0.25, 0.3) is 0 Å². The lowest BCUT2D eigenvalue weighted by Crippen LogP contribution is -2.51. The molecule has 2 N–H and O–H groups in total. The molecule has 0 amide bonds. The highest BCUT2D eigenvalue weighted by Crippen LogP contribution is 2.45. The first-order chi connectivity index (χ1) is 16.4. The van der Waals surface area contributed by atoms with E-state index < -0.39 is 9.84 Å². The Morgan fingerprint density at radius 1 is 1.15 bits per heavy atom. The Kier molecular flexibility index (Phi) is 5.42. The summed E-state index contributed by atoms with van der Waals surface area (Å²) in [5, 5.41) is 7.00. The number of benzene rings is 1. The Balaban J connectivity index is 1.27. The zero-order valence-electron chi connectivity index (χ0n) is 19.7. The van der Waals surface area contributed by atoms with E-state index in [1.165, 1.54) is 12.0 Å². The van der Waals surface area contributed by atoms with Crippen molar-refractivity contribution in [2.45, 2.75) is 38.3 Å². The average Bonchev–Trinajstić information content (AvgIpc) is 3.24. The molecule has 2 atom stereocenters. The molecule has 6 rings (SSSR count). The highest BCUT2D eigenvalue weighted by Gasteiger charge is 2.36. The van der Waals surface area contributed by atoms with E-state index in [9.17, 15) is 8.42 Å². The van der Waals surface area contributed by atoms with Gasteiger partial charge in [0.2, 0.25) is 0 Å². The Morgan fingerprint density at radius 3 is 2.68 bits per heavy atom. The molecule has 0 bridgehead atoms. The maximum Gasteiger partial charge on any atom is 0.153 e. The van der Waals surface area contributed by atoms with Gasteiger partial charge in [-0.2, -0.15) is 0 Å². The number of ether oxygens (including phenoxy) is 1. The number of aromatic nitrogens is 2. The lowest BCUT2D eigenvalue weighted by molar-refractivity contribution is 0.101. The number of fused-ring (bicyclic) bond motifs is 2. The standard InChI is InChI=1S/C24H32N6O3S/c1-15-9-17(18-12-30(13-18)19-3-4-25-11-19)10-20-22(15)33-16(2)21-23(28-20)26-14-27-24(21)29-5-7-34(31,32)8-6-29/h9-10,14,16,18-19,25H,3-8,11-13H2,1-2H3,(H,26,27,28)/t16-,19+/m0/s1. The van der Waals surface area contributed by atoms with E-state index >= 15 is 0 Å².